The van der Waals surface area contributed by atoms with Gasteiger partial charge >= 0.3 is 0 Å². The minimum absolute atomic E-state index is 0.0452. The van der Waals surface area contributed by atoms with Gasteiger partial charge in [0.05, 0.1) is 11.0 Å². The Balaban J connectivity index is 2.36. The summed E-state index contributed by atoms with van der Waals surface area (Å²) in [5.74, 6) is 0.546. The van der Waals surface area contributed by atoms with Gasteiger partial charge in [0.15, 0.2) is 0 Å². The second kappa shape index (κ2) is 4.89. The van der Waals surface area contributed by atoms with Crippen molar-refractivity contribution >= 4 is 5.69 Å². The molecule has 1 heterocycles. The Bertz CT molecular complexity index is 567. The molecule has 2 rings (SSSR count). The highest BCUT2D eigenvalue weighted by Crippen LogP contribution is 2.22. The molecule has 1 atom stereocenters. The van der Waals surface area contributed by atoms with E-state index in [-0.39, 0.29) is 11.7 Å². The van der Waals surface area contributed by atoms with Gasteiger partial charge in [0.2, 0.25) is 0 Å². The number of nitrogens with zero attached hydrogens (tertiary/aromatic N) is 3. The normalized spacial score (nSPS) is 12.1. The fraction of sp³-hybridized carbons (Fsp3) is 0.167. The summed E-state index contributed by atoms with van der Waals surface area (Å²) in [4.78, 5) is 18.5. The molecule has 92 valence electrons. The molecule has 0 bridgehead atoms. The van der Waals surface area contributed by atoms with Crippen molar-refractivity contribution in [1.82, 2.24) is 9.97 Å². The molecule has 0 amide bonds. The van der Waals surface area contributed by atoms with Gasteiger partial charge in [-0.05, 0) is 12.5 Å². The number of hydrogen-bond donors (Lipinski definition) is 1. The Morgan fingerprint density at radius 3 is 2.50 bits per heavy atom. The lowest BCUT2D eigenvalue weighted by molar-refractivity contribution is -0.384. The van der Waals surface area contributed by atoms with E-state index in [1.807, 2.05) is 0 Å². The molecule has 0 radical (unpaired) electrons. The van der Waals surface area contributed by atoms with E-state index in [0.29, 0.717) is 11.4 Å². The number of nitro groups is 1. The lowest BCUT2D eigenvalue weighted by Crippen LogP contribution is -2.09. The van der Waals surface area contributed by atoms with Crippen molar-refractivity contribution in [2.75, 3.05) is 0 Å². The van der Waals surface area contributed by atoms with Gasteiger partial charge in [-0.2, -0.15) is 0 Å². The van der Waals surface area contributed by atoms with Crippen molar-refractivity contribution in [3.8, 4) is 11.1 Å². The van der Waals surface area contributed by atoms with E-state index < -0.39 is 4.92 Å². The van der Waals surface area contributed by atoms with E-state index in [9.17, 15) is 10.1 Å². The molecule has 1 aromatic carbocycles. The largest absolute Gasteiger partial charge is 0.322 e. The van der Waals surface area contributed by atoms with Crippen LogP contribution < -0.4 is 5.73 Å². The molecule has 0 saturated carbocycles. The zero-order valence-corrected chi connectivity index (χ0v) is 9.78. The number of hydrogen-bond acceptors (Lipinski definition) is 5. The second-order valence-electron chi connectivity index (χ2n) is 3.93. The lowest BCUT2D eigenvalue weighted by Gasteiger charge is -2.05. The first-order valence-corrected chi connectivity index (χ1v) is 5.40. The highest BCUT2D eigenvalue weighted by Gasteiger charge is 2.08. The topological polar surface area (TPSA) is 94.9 Å². The van der Waals surface area contributed by atoms with E-state index in [1.54, 1.807) is 31.5 Å². The fourth-order valence-corrected chi connectivity index (χ4v) is 1.52. The van der Waals surface area contributed by atoms with Crippen LogP contribution in [0.15, 0.2) is 36.7 Å². The van der Waals surface area contributed by atoms with Crippen molar-refractivity contribution in [3.05, 3.63) is 52.6 Å². The Labute approximate surface area is 104 Å². The second-order valence-corrected chi connectivity index (χ2v) is 3.93. The van der Waals surface area contributed by atoms with Gasteiger partial charge in [0.25, 0.3) is 5.69 Å². The average Bonchev–Trinajstić information content (AvgIpc) is 2.39. The molecule has 2 N–H and O–H groups in total. The molecule has 2 aromatic rings. The highest BCUT2D eigenvalue weighted by atomic mass is 16.6. The first kappa shape index (κ1) is 12.1. The van der Waals surface area contributed by atoms with Crippen LogP contribution in [0.5, 0.6) is 0 Å². The smallest absolute Gasteiger partial charge is 0.270 e. The molecule has 6 nitrogen and oxygen atoms in total. The third-order valence-corrected chi connectivity index (χ3v) is 2.47. The minimum Gasteiger partial charge on any atom is -0.322 e. The third-order valence-electron chi connectivity index (χ3n) is 2.47. The van der Waals surface area contributed by atoms with Gasteiger partial charge in [0.1, 0.15) is 5.82 Å². The molecule has 1 aromatic heterocycles. The van der Waals surface area contributed by atoms with Crippen molar-refractivity contribution in [2.24, 2.45) is 5.73 Å². The van der Waals surface area contributed by atoms with Crippen LogP contribution >= 0.6 is 0 Å². The molecule has 0 aliphatic rings. The minimum atomic E-state index is -0.430. The van der Waals surface area contributed by atoms with Gasteiger partial charge in [0, 0.05) is 30.1 Å². The Morgan fingerprint density at radius 2 is 1.94 bits per heavy atom. The monoisotopic (exact) mass is 244 g/mol. The van der Waals surface area contributed by atoms with Crippen LogP contribution in [0, 0.1) is 10.1 Å². The Hall–Kier alpha value is -2.34. The zero-order chi connectivity index (χ0) is 13.1. The molecule has 1 unspecified atom stereocenters. The van der Waals surface area contributed by atoms with Crippen LogP contribution in [-0.4, -0.2) is 14.9 Å². The van der Waals surface area contributed by atoms with Crippen LogP contribution in [0.25, 0.3) is 11.1 Å². The molecular formula is C12H12N4O2. The van der Waals surface area contributed by atoms with E-state index in [4.69, 9.17) is 5.73 Å². The van der Waals surface area contributed by atoms with Crippen molar-refractivity contribution in [3.63, 3.8) is 0 Å². The van der Waals surface area contributed by atoms with Crippen molar-refractivity contribution in [1.29, 1.82) is 0 Å². The van der Waals surface area contributed by atoms with Gasteiger partial charge in [-0.3, -0.25) is 10.1 Å². The SMILES string of the molecule is CC(N)c1ncc(-c2cccc([N+](=O)[O-])c2)cn1. The first-order valence-electron chi connectivity index (χ1n) is 5.40. The van der Waals surface area contributed by atoms with Gasteiger partial charge < -0.3 is 5.73 Å². The summed E-state index contributed by atoms with van der Waals surface area (Å²) in [6.45, 7) is 1.79. The van der Waals surface area contributed by atoms with Crippen molar-refractivity contribution < 1.29 is 4.92 Å². The van der Waals surface area contributed by atoms with Crippen LogP contribution in [0.4, 0.5) is 5.69 Å². The molecule has 6 heteroatoms. The number of nitrogens with two attached hydrogens (primary N) is 1. The van der Waals surface area contributed by atoms with Gasteiger partial charge in [-0.1, -0.05) is 12.1 Å². The number of benzene rings is 1. The van der Waals surface area contributed by atoms with Crippen LogP contribution in [0.2, 0.25) is 0 Å². The summed E-state index contributed by atoms with van der Waals surface area (Å²) in [6, 6.07) is 6.11. The number of aromatic nitrogens is 2. The third kappa shape index (κ3) is 2.49. The van der Waals surface area contributed by atoms with E-state index in [0.717, 1.165) is 5.56 Å². The molecule has 0 aliphatic heterocycles. The quantitative estimate of drug-likeness (QED) is 0.658. The summed E-state index contributed by atoms with van der Waals surface area (Å²) >= 11 is 0. The number of nitro benzene ring substituents is 1. The highest BCUT2D eigenvalue weighted by molar-refractivity contribution is 5.64. The number of rotatable bonds is 3. The van der Waals surface area contributed by atoms with Gasteiger partial charge in [-0.25, -0.2) is 9.97 Å². The van der Waals surface area contributed by atoms with Crippen molar-refractivity contribution in [2.45, 2.75) is 13.0 Å². The van der Waals surface area contributed by atoms with Crippen LogP contribution in [0.1, 0.15) is 18.8 Å². The maximum atomic E-state index is 10.7. The molecule has 18 heavy (non-hydrogen) atoms. The van der Waals surface area contributed by atoms with E-state index in [2.05, 4.69) is 9.97 Å². The predicted molar refractivity (Wildman–Crippen MR) is 66.7 cm³/mol. The maximum absolute atomic E-state index is 10.7. The van der Waals surface area contributed by atoms with E-state index >= 15 is 0 Å². The van der Waals surface area contributed by atoms with Gasteiger partial charge in [-0.15, -0.1) is 0 Å². The molecule has 0 aliphatic carbocycles. The average molecular weight is 244 g/mol. The van der Waals surface area contributed by atoms with Crippen LogP contribution in [0.3, 0.4) is 0 Å². The Kier molecular flexibility index (Phi) is 3.29. The lowest BCUT2D eigenvalue weighted by atomic mass is 10.1. The molecular weight excluding hydrogens is 232 g/mol. The van der Waals surface area contributed by atoms with Crippen LogP contribution in [-0.2, 0) is 0 Å². The standard InChI is InChI=1S/C12H12N4O2/c1-8(13)12-14-6-10(7-15-12)9-3-2-4-11(5-9)16(17)18/h2-8H,13H2,1H3. The van der Waals surface area contributed by atoms with E-state index in [1.165, 1.54) is 12.1 Å². The number of non-ortho nitro benzene ring substituents is 1. The summed E-state index contributed by atoms with van der Waals surface area (Å²) in [6.07, 6.45) is 3.23. The fourth-order valence-electron chi connectivity index (χ4n) is 1.52. The molecule has 0 spiro atoms. The Morgan fingerprint density at radius 1 is 1.28 bits per heavy atom. The summed E-state index contributed by atoms with van der Waals surface area (Å²) in [7, 11) is 0. The summed E-state index contributed by atoms with van der Waals surface area (Å²) in [5, 5.41) is 10.7. The molecule has 0 saturated heterocycles. The molecule has 0 fully saturated rings. The zero-order valence-electron chi connectivity index (χ0n) is 9.78. The predicted octanol–water partition coefficient (Wildman–Crippen LogP) is 2.07. The summed E-state index contributed by atoms with van der Waals surface area (Å²) < 4.78 is 0. The summed E-state index contributed by atoms with van der Waals surface area (Å²) in [5.41, 5.74) is 7.13. The maximum Gasteiger partial charge on any atom is 0.270 e. The first-order chi connectivity index (χ1) is 8.58.